The average Bonchev–Trinajstić information content (AvgIpc) is 2.34. The second-order valence-corrected chi connectivity index (χ2v) is 4.86. The molecule has 17 heavy (non-hydrogen) atoms. The summed E-state index contributed by atoms with van der Waals surface area (Å²) in [4.78, 5) is 8.97. The number of fused-ring (bicyclic) bond motifs is 1. The van der Waals surface area contributed by atoms with E-state index in [1.807, 2.05) is 30.5 Å². The van der Waals surface area contributed by atoms with Crippen LogP contribution in [-0.4, -0.2) is 15.5 Å². The van der Waals surface area contributed by atoms with Gasteiger partial charge in [0.25, 0.3) is 0 Å². The third kappa shape index (κ3) is 1.86. The lowest BCUT2D eigenvalue weighted by atomic mass is 9.75. The summed E-state index contributed by atoms with van der Waals surface area (Å²) in [5, 5.41) is 4.61. The quantitative estimate of drug-likeness (QED) is 0.873. The summed E-state index contributed by atoms with van der Waals surface area (Å²) in [6, 6.07) is 8.09. The first-order valence-electron chi connectivity index (χ1n) is 6.31. The van der Waals surface area contributed by atoms with Crippen molar-refractivity contribution in [3.63, 3.8) is 0 Å². The number of nitrogens with zero attached hydrogens (tertiary/aromatic N) is 2. The minimum Gasteiger partial charge on any atom is -0.349 e. The third-order valence-corrected chi connectivity index (χ3v) is 3.85. The third-order valence-electron chi connectivity index (χ3n) is 3.85. The second kappa shape index (κ2) is 3.99. The Labute approximate surface area is 101 Å². The molecule has 1 aliphatic carbocycles. The number of rotatable bonds is 3. The van der Waals surface area contributed by atoms with Crippen LogP contribution in [0.4, 0.5) is 5.95 Å². The van der Waals surface area contributed by atoms with Crippen LogP contribution in [0.1, 0.15) is 32.6 Å². The summed E-state index contributed by atoms with van der Waals surface area (Å²) in [6.07, 6.45) is 6.82. The maximum Gasteiger partial charge on any atom is 0.223 e. The smallest absolute Gasteiger partial charge is 0.223 e. The molecule has 0 amide bonds. The lowest BCUT2D eigenvalue weighted by Crippen LogP contribution is -2.44. The van der Waals surface area contributed by atoms with Gasteiger partial charge in [-0.2, -0.15) is 0 Å². The zero-order chi connectivity index (χ0) is 11.7. The van der Waals surface area contributed by atoms with E-state index in [1.54, 1.807) is 0 Å². The highest BCUT2D eigenvalue weighted by Crippen LogP contribution is 2.37. The van der Waals surface area contributed by atoms with E-state index in [2.05, 4.69) is 22.2 Å². The van der Waals surface area contributed by atoms with Crippen LogP contribution >= 0.6 is 0 Å². The standard InChI is InChI=1S/C14H17N3/c1-2-14(8-5-9-14)17-13-15-10-11-6-3-4-7-12(11)16-13/h3-4,6-7,10H,2,5,8-9H2,1H3,(H,15,16,17). The van der Waals surface area contributed by atoms with Crippen LogP contribution in [-0.2, 0) is 0 Å². The van der Waals surface area contributed by atoms with Crippen molar-refractivity contribution in [2.75, 3.05) is 5.32 Å². The first kappa shape index (κ1) is 10.5. The van der Waals surface area contributed by atoms with Crippen molar-refractivity contribution < 1.29 is 0 Å². The van der Waals surface area contributed by atoms with Gasteiger partial charge in [0.2, 0.25) is 5.95 Å². The summed E-state index contributed by atoms with van der Waals surface area (Å²) in [5.74, 6) is 0.769. The van der Waals surface area contributed by atoms with Gasteiger partial charge in [-0.1, -0.05) is 25.1 Å². The normalized spacial score (nSPS) is 17.7. The second-order valence-electron chi connectivity index (χ2n) is 4.86. The Morgan fingerprint density at radius 1 is 1.29 bits per heavy atom. The van der Waals surface area contributed by atoms with E-state index < -0.39 is 0 Å². The van der Waals surface area contributed by atoms with Gasteiger partial charge in [-0.3, -0.25) is 0 Å². The van der Waals surface area contributed by atoms with Crippen molar-refractivity contribution in [3.8, 4) is 0 Å². The van der Waals surface area contributed by atoms with Crippen molar-refractivity contribution in [2.24, 2.45) is 0 Å². The molecule has 0 spiro atoms. The van der Waals surface area contributed by atoms with Gasteiger partial charge >= 0.3 is 0 Å². The van der Waals surface area contributed by atoms with Crippen LogP contribution in [0.3, 0.4) is 0 Å². The van der Waals surface area contributed by atoms with Crippen LogP contribution in [0.15, 0.2) is 30.5 Å². The molecule has 1 N–H and O–H groups in total. The molecule has 3 rings (SSSR count). The molecule has 0 saturated heterocycles. The molecule has 1 heterocycles. The molecule has 1 aromatic carbocycles. The van der Waals surface area contributed by atoms with Crippen LogP contribution in [0, 0.1) is 0 Å². The zero-order valence-corrected chi connectivity index (χ0v) is 10.1. The number of hydrogen-bond acceptors (Lipinski definition) is 3. The number of nitrogens with one attached hydrogen (secondary N) is 1. The Balaban J connectivity index is 1.90. The summed E-state index contributed by atoms with van der Waals surface area (Å²) in [6.45, 7) is 2.23. The van der Waals surface area contributed by atoms with Crippen LogP contribution in [0.2, 0.25) is 0 Å². The van der Waals surface area contributed by atoms with E-state index in [4.69, 9.17) is 0 Å². The van der Waals surface area contributed by atoms with Gasteiger partial charge in [0.1, 0.15) is 0 Å². The lowest BCUT2D eigenvalue weighted by molar-refractivity contribution is 0.268. The highest BCUT2D eigenvalue weighted by Gasteiger charge is 2.35. The molecule has 0 bridgehead atoms. The molecule has 0 aliphatic heterocycles. The fraction of sp³-hybridized carbons (Fsp3) is 0.429. The molecule has 1 aromatic heterocycles. The molecule has 1 aliphatic rings. The molecule has 1 fully saturated rings. The molecule has 0 radical (unpaired) electrons. The highest BCUT2D eigenvalue weighted by atomic mass is 15.1. The maximum atomic E-state index is 4.57. The zero-order valence-electron chi connectivity index (χ0n) is 10.1. The van der Waals surface area contributed by atoms with Crippen LogP contribution < -0.4 is 5.32 Å². The maximum absolute atomic E-state index is 4.57. The van der Waals surface area contributed by atoms with Crippen molar-refractivity contribution in [2.45, 2.75) is 38.1 Å². The molecule has 1 saturated carbocycles. The summed E-state index contributed by atoms with van der Waals surface area (Å²) in [5.41, 5.74) is 1.26. The molecular formula is C14H17N3. The van der Waals surface area contributed by atoms with Gasteiger partial charge in [-0.05, 0) is 31.7 Å². The van der Waals surface area contributed by atoms with Crippen LogP contribution in [0.5, 0.6) is 0 Å². The fourth-order valence-electron chi connectivity index (χ4n) is 2.44. The van der Waals surface area contributed by atoms with Gasteiger partial charge in [-0.25, -0.2) is 9.97 Å². The SMILES string of the molecule is CCC1(Nc2ncc3ccccc3n2)CCC1. The Kier molecular flexibility index (Phi) is 2.46. The number of benzene rings is 1. The first-order valence-corrected chi connectivity index (χ1v) is 6.31. The minimum absolute atomic E-state index is 0.252. The predicted molar refractivity (Wildman–Crippen MR) is 70.0 cm³/mol. The Morgan fingerprint density at radius 2 is 2.12 bits per heavy atom. The number of hydrogen-bond donors (Lipinski definition) is 1. The number of anilines is 1. The number of aromatic nitrogens is 2. The highest BCUT2D eigenvalue weighted by molar-refractivity contribution is 5.78. The topological polar surface area (TPSA) is 37.8 Å². The molecule has 88 valence electrons. The van der Waals surface area contributed by atoms with Gasteiger partial charge in [0.05, 0.1) is 5.52 Å². The van der Waals surface area contributed by atoms with Crippen molar-refractivity contribution in [3.05, 3.63) is 30.5 Å². The van der Waals surface area contributed by atoms with E-state index in [0.717, 1.165) is 23.3 Å². The summed E-state index contributed by atoms with van der Waals surface area (Å²) in [7, 11) is 0. The summed E-state index contributed by atoms with van der Waals surface area (Å²) >= 11 is 0. The van der Waals surface area contributed by atoms with E-state index in [-0.39, 0.29) is 5.54 Å². The van der Waals surface area contributed by atoms with Gasteiger partial charge < -0.3 is 5.32 Å². The summed E-state index contributed by atoms with van der Waals surface area (Å²) < 4.78 is 0. The van der Waals surface area contributed by atoms with Crippen molar-refractivity contribution in [1.82, 2.24) is 9.97 Å². The Morgan fingerprint density at radius 3 is 2.82 bits per heavy atom. The van der Waals surface area contributed by atoms with Crippen molar-refractivity contribution >= 4 is 16.9 Å². The lowest BCUT2D eigenvalue weighted by Gasteiger charge is -2.42. The van der Waals surface area contributed by atoms with Gasteiger partial charge in [-0.15, -0.1) is 0 Å². The van der Waals surface area contributed by atoms with E-state index in [9.17, 15) is 0 Å². The largest absolute Gasteiger partial charge is 0.349 e. The predicted octanol–water partition coefficient (Wildman–Crippen LogP) is 3.37. The van der Waals surface area contributed by atoms with E-state index in [1.165, 1.54) is 19.3 Å². The molecular weight excluding hydrogens is 210 g/mol. The van der Waals surface area contributed by atoms with E-state index in [0.29, 0.717) is 0 Å². The van der Waals surface area contributed by atoms with Crippen LogP contribution in [0.25, 0.3) is 10.9 Å². The number of para-hydroxylation sites is 1. The Bertz CT molecular complexity index is 526. The molecule has 3 heteroatoms. The first-order chi connectivity index (χ1) is 8.31. The minimum atomic E-state index is 0.252. The molecule has 3 nitrogen and oxygen atoms in total. The van der Waals surface area contributed by atoms with Gasteiger partial charge in [0, 0.05) is 17.1 Å². The molecule has 2 aromatic rings. The molecule has 0 atom stereocenters. The fourth-order valence-corrected chi connectivity index (χ4v) is 2.44. The van der Waals surface area contributed by atoms with Gasteiger partial charge in [0.15, 0.2) is 0 Å². The van der Waals surface area contributed by atoms with Crippen molar-refractivity contribution in [1.29, 1.82) is 0 Å². The van der Waals surface area contributed by atoms with E-state index >= 15 is 0 Å². The molecule has 0 unspecified atom stereocenters. The Hall–Kier alpha value is -1.64. The monoisotopic (exact) mass is 227 g/mol. The average molecular weight is 227 g/mol.